The van der Waals surface area contributed by atoms with Crippen LogP contribution in [0.4, 0.5) is 4.39 Å². The average molecular weight is 351 g/mol. The van der Waals surface area contributed by atoms with Crippen molar-refractivity contribution in [3.8, 4) is 0 Å². The van der Waals surface area contributed by atoms with Crippen LogP contribution in [0.1, 0.15) is 31.2 Å². The summed E-state index contributed by atoms with van der Waals surface area (Å²) in [4.78, 5) is 0. The molecule has 1 aliphatic rings. The molecular formula is C17H22FN3O2S. The summed E-state index contributed by atoms with van der Waals surface area (Å²) in [5.41, 5.74) is 0.618. The second-order valence-electron chi connectivity index (χ2n) is 6.20. The molecule has 0 radical (unpaired) electrons. The second kappa shape index (κ2) is 7.44. The van der Waals surface area contributed by atoms with E-state index in [1.807, 2.05) is 16.9 Å². The average Bonchev–Trinajstić information content (AvgIpc) is 3.09. The van der Waals surface area contributed by atoms with E-state index in [1.54, 1.807) is 10.5 Å². The Morgan fingerprint density at radius 1 is 1.21 bits per heavy atom. The molecule has 5 nitrogen and oxygen atoms in total. The van der Waals surface area contributed by atoms with Crippen LogP contribution in [0.5, 0.6) is 0 Å². The van der Waals surface area contributed by atoms with Gasteiger partial charge < -0.3 is 0 Å². The molecule has 130 valence electrons. The van der Waals surface area contributed by atoms with Gasteiger partial charge in [0.15, 0.2) is 0 Å². The van der Waals surface area contributed by atoms with Gasteiger partial charge >= 0.3 is 0 Å². The highest BCUT2D eigenvalue weighted by Crippen LogP contribution is 2.25. The van der Waals surface area contributed by atoms with Crippen molar-refractivity contribution in [3.63, 3.8) is 0 Å². The lowest BCUT2D eigenvalue weighted by Crippen LogP contribution is -2.44. The maximum absolute atomic E-state index is 13.0. The molecule has 2 aromatic rings. The third-order valence-corrected chi connectivity index (χ3v) is 6.34. The summed E-state index contributed by atoms with van der Waals surface area (Å²) in [6.45, 7) is 1.27. The van der Waals surface area contributed by atoms with Gasteiger partial charge in [-0.05, 0) is 43.0 Å². The van der Waals surface area contributed by atoms with E-state index in [-0.39, 0.29) is 17.6 Å². The Morgan fingerprint density at radius 2 is 2.00 bits per heavy atom. The maximum Gasteiger partial charge on any atom is 0.218 e. The number of rotatable bonds is 6. The minimum atomic E-state index is -3.41. The van der Waals surface area contributed by atoms with Gasteiger partial charge in [0, 0.05) is 31.5 Å². The zero-order valence-electron chi connectivity index (χ0n) is 13.5. The number of benzene rings is 1. The molecule has 1 saturated heterocycles. The first-order valence-corrected chi connectivity index (χ1v) is 9.87. The van der Waals surface area contributed by atoms with Crippen LogP contribution in [0.2, 0.25) is 0 Å². The largest absolute Gasteiger partial charge is 0.273 e. The monoisotopic (exact) mass is 351 g/mol. The lowest BCUT2D eigenvalue weighted by molar-refractivity contribution is 0.231. The van der Waals surface area contributed by atoms with E-state index in [2.05, 4.69) is 5.10 Å². The van der Waals surface area contributed by atoms with Gasteiger partial charge in [0.05, 0.1) is 5.75 Å². The molecule has 1 aliphatic heterocycles. The van der Waals surface area contributed by atoms with Crippen LogP contribution in [0.3, 0.4) is 0 Å². The summed E-state index contributed by atoms with van der Waals surface area (Å²) in [6, 6.07) is 7.55. The molecule has 0 N–H and O–H groups in total. The first-order chi connectivity index (χ1) is 11.5. The second-order valence-corrected chi connectivity index (χ2v) is 8.12. The van der Waals surface area contributed by atoms with Crippen molar-refractivity contribution in [3.05, 3.63) is 54.1 Å². The van der Waals surface area contributed by atoms with E-state index in [0.29, 0.717) is 18.7 Å². The molecule has 0 spiro atoms. The first kappa shape index (κ1) is 17.1. The maximum atomic E-state index is 13.0. The van der Waals surface area contributed by atoms with Gasteiger partial charge in [-0.25, -0.2) is 12.8 Å². The van der Waals surface area contributed by atoms with Crippen LogP contribution in [0, 0.1) is 5.82 Å². The Balaban J connectivity index is 1.69. The fraction of sp³-hybridized carbons (Fsp3) is 0.471. The normalized spacial score (nSPS) is 19.5. The standard InChI is InChI=1S/C17H22FN3O2S/c18-16-7-5-15(6-8-16)14-24(22,23)21-12-2-1-4-17(21)9-13-20-11-3-10-19-20/h3,5-8,10-11,17H,1-2,4,9,12-14H2/t17-/m0/s1. The van der Waals surface area contributed by atoms with E-state index in [0.717, 1.165) is 25.7 Å². The van der Waals surface area contributed by atoms with Crippen molar-refractivity contribution >= 4 is 10.0 Å². The van der Waals surface area contributed by atoms with Crippen LogP contribution in [-0.2, 0) is 22.3 Å². The number of piperidine rings is 1. The van der Waals surface area contributed by atoms with Crippen LogP contribution in [0.15, 0.2) is 42.7 Å². The number of aryl methyl sites for hydroxylation is 1. The van der Waals surface area contributed by atoms with Crippen LogP contribution < -0.4 is 0 Å². The predicted octanol–water partition coefficient (Wildman–Crippen LogP) is 2.80. The minimum absolute atomic E-state index is 0.00778. The van der Waals surface area contributed by atoms with Gasteiger partial charge in [-0.1, -0.05) is 18.6 Å². The Morgan fingerprint density at radius 3 is 2.71 bits per heavy atom. The Bertz CT molecular complexity index is 745. The highest BCUT2D eigenvalue weighted by Gasteiger charge is 2.32. The molecule has 0 aliphatic carbocycles. The summed E-state index contributed by atoms with van der Waals surface area (Å²) in [5, 5.41) is 4.18. The van der Waals surface area contributed by atoms with Crippen molar-refractivity contribution < 1.29 is 12.8 Å². The molecular weight excluding hydrogens is 329 g/mol. The van der Waals surface area contributed by atoms with Gasteiger partial charge in [-0.3, -0.25) is 4.68 Å². The van der Waals surface area contributed by atoms with Crippen LogP contribution in [0.25, 0.3) is 0 Å². The van der Waals surface area contributed by atoms with Crippen LogP contribution in [-0.4, -0.2) is 35.1 Å². The lowest BCUT2D eigenvalue weighted by atomic mass is 10.0. The number of aromatic nitrogens is 2. The van der Waals surface area contributed by atoms with E-state index in [9.17, 15) is 12.8 Å². The topological polar surface area (TPSA) is 55.2 Å². The molecule has 7 heteroatoms. The molecule has 0 unspecified atom stereocenters. The van der Waals surface area contributed by atoms with Gasteiger partial charge in [-0.2, -0.15) is 9.40 Å². The van der Waals surface area contributed by atoms with Crippen molar-refractivity contribution in [2.24, 2.45) is 0 Å². The quantitative estimate of drug-likeness (QED) is 0.804. The molecule has 1 fully saturated rings. The Kier molecular flexibility index (Phi) is 5.30. The third kappa shape index (κ3) is 4.21. The summed E-state index contributed by atoms with van der Waals surface area (Å²) < 4.78 is 42.1. The number of hydrogen-bond donors (Lipinski definition) is 0. The van der Waals surface area contributed by atoms with Gasteiger partial charge in [-0.15, -0.1) is 0 Å². The zero-order chi connectivity index (χ0) is 17.0. The van der Waals surface area contributed by atoms with E-state index >= 15 is 0 Å². The molecule has 3 rings (SSSR count). The summed E-state index contributed by atoms with van der Waals surface area (Å²) in [5.74, 6) is -0.433. The molecule has 1 aromatic heterocycles. The smallest absolute Gasteiger partial charge is 0.218 e. The number of halogens is 1. The van der Waals surface area contributed by atoms with E-state index in [4.69, 9.17) is 0 Å². The van der Waals surface area contributed by atoms with Gasteiger partial charge in [0.25, 0.3) is 0 Å². The van der Waals surface area contributed by atoms with Crippen molar-refractivity contribution in [2.45, 2.75) is 44.0 Å². The first-order valence-electron chi connectivity index (χ1n) is 8.26. The van der Waals surface area contributed by atoms with Gasteiger partial charge in [0.1, 0.15) is 5.82 Å². The minimum Gasteiger partial charge on any atom is -0.273 e. The zero-order valence-corrected chi connectivity index (χ0v) is 14.3. The Labute approximate surface area is 142 Å². The molecule has 0 bridgehead atoms. The SMILES string of the molecule is O=S(=O)(Cc1ccc(F)cc1)N1CCCC[C@H]1CCn1cccn1. The summed E-state index contributed by atoms with van der Waals surface area (Å²) in [6.07, 6.45) is 7.19. The summed E-state index contributed by atoms with van der Waals surface area (Å²) >= 11 is 0. The predicted molar refractivity (Wildman–Crippen MR) is 90.2 cm³/mol. The number of sulfonamides is 1. The molecule has 0 amide bonds. The molecule has 0 saturated carbocycles. The fourth-order valence-electron chi connectivity index (χ4n) is 3.22. The molecule has 1 atom stereocenters. The Hall–Kier alpha value is -1.73. The summed E-state index contributed by atoms with van der Waals surface area (Å²) in [7, 11) is -3.41. The fourth-order valence-corrected chi connectivity index (χ4v) is 5.07. The lowest BCUT2D eigenvalue weighted by Gasteiger charge is -2.34. The van der Waals surface area contributed by atoms with Crippen molar-refractivity contribution in [1.29, 1.82) is 0 Å². The number of nitrogens with zero attached hydrogens (tertiary/aromatic N) is 3. The molecule has 24 heavy (non-hydrogen) atoms. The van der Waals surface area contributed by atoms with Crippen molar-refractivity contribution in [1.82, 2.24) is 14.1 Å². The highest BCUT2D eigenvalue weighted by atomic mass is 32.2. The highest BCUT2D eigenvalue weighted by molar-refractivity contribution is 7.88. The van der Waals surface area contributed by atoms with Gasteiger partial charge in [0.2, 0.25) is 10.0 Å². The molecule has 2 heterocycles. The number of hydrogen-bond acceptors (Lipinski definition) is 3. The van der Waals surface area contributed by atoms with E-state index < -0.39 is 10.0 Å². The van der Waals surface area contributed by atoms with Crippen molar-refractivity contribution in [2.75, 3.05) is 6.54 Å². The third-order valence-electron chi connectivity index (χ3n) is 4.44. The van der Waals surface area contributed by atoms with Crippen LogP contribution >= 0.6 is 0 Å². The molecule has 1 aromatic carbocycles. The van der Waals surface area contributed by atoms with E-state index in [1.165, 1.54) is 24.3 Å².